The largest absolute Gasteiger partial charge is 0.103 e. The van der Waals surface area contributed by atoms with Crippen molar-refractivity contribution in [2.45, 2.75) is 57.3 Å². The highest BCUT2D eigenvalue weighted by molar-refractivity contribution is 5.28. The van der Waals surface area contributed by atoms with Gasteiger partial charge in [0.15, 0.2) is 0 Å². The summed E-state index contributed by atoms with van der Waals surface area (Å²) in [5.74, 6) is 1.52. The van der Waals surface area contributed by atoms with E-state index in [9.17, 15) is 0 Å². The first kappa shape index (κ1) is 16.1. The average molecular weight is 304 g/mol. The van der Waals surface area contributed by atoms with Gasteiger partial charge in [-0.05, 0) is 74.0 Å². The van der Waals surface area contributed by atoms with Crippen LogP contribution in [0, 0.1) is 6.92 Å². The van der Waals surface area contributed by atoms with Crippen molar-refractivity contribution in [2.24, 2.45) is 0 Å². The van der Waals surface area contributed by atoms with Crippen molar-refractivity contribution in [1.29, 1.82) is 0 Å². The van der Waals surface area contributed by atoms with Gasteiger partial charge in [-0.15, -0.1) is 6.58 Å². The standard InChI is InChI=1S/C23H28/c1-3-4-5-19-8-12-21(13-9-19)23-16-14-22(15-17-23)20-10-6-18(2)7-11-20/h3,6-13,22-23H,1,4-5,14-17H2,2H3. The molecule has 0 heteroatoms. The van der Waals surface area contributed by atoms with Crippen molar-refractivity contribution < 1.29 is 0 Å². The Kier molecular flexibility index (Phi) is 5.33. The van der Waals surface area contributed by atoms with Gasteiger partial charge in [0, 0.05) is 0 Å². The van der Waals surface area contributed by atoms with E-state index in [2.05, 4.69) is 62.0 Å². The fourth-order valence-electron chi connectivity index (χ4n) is 3.82. The van der Waals surface area contributed by atoms with Crippen LogP contribution in [0.5, 0.6) is 0 Å². The van der Waals surface area contributed by atoms with Gasteiger partial charge in [-0.2, -0.15) is 0 Å². The Morgan fingerprint density at radius 3 is 1.78 bits per heavy atom. The molecule has 0 spiro atoms. The number of aryl methyl sites for hydroxylation is 2. The predicted octanol–water partition coefficient (Wildman–Crippen LogP) is 6.56. The summed E-state index contributed by atoms with van der Waals surface area (Å²) in [4.78, 5) is 0. The molecule has 23 heavy (non-hydrogen) atoms. The van der Waals surface area contributed by atoms with E-state index in [1.54, 1.807) is 0 Å². The van der Waals surface area contributed by atoms with E-state index in [1.165, 1.54) is 47.9 Å². The smallest absolute Gasteiger partial charge is 0.0162 e. The lowest BCUT2D eigenvalue weighted by Gasteiger charge is -2.29. The van der Waals surface area contributed by atoms with E-state index in [4.69, 9.17) is 0 Å². The van der Waals surface area contributed by atoms with Gasteiger partial charge >= 0.3 is 0 Å². The highest BCUT2D eigenvalue weighted by Gasteiger charge is 2.23. The maximum absolute atomic E-state index is 3.80. The average Bonchev–Trinajstić information content (AvgIpc) is 2.61. The molecule has 1 aliphatic rings. The molecule has 0 atom stereocenters. The molecule has 1 saturated carbocycles. The lowest BCUT2D eigenvalue weighted by atomic mass is 9.76. The summed E-state index contributed by atoms with van der Waals surface area (Å²) < 4.78 is 0. The summed E-state index contributed by atoms with van der Waals surface area (Å²) in [6, 6.07) is 18.5. The van der Waals surface area contributed by atoms with Crippen LogP contribution in [0.3, 0.4) is 0 Å². The fraction of sp³-hybridized carbons (Fsp3) is 0.391. The lowest BCUT2D eigenvalue weighted by molar-refractivity contribution is 0.396. The summed E-state index contributed by atoms with van der Waals surface area (Å²) in [6.07, 6.45) is 9.48. The van der Waals surface area contributed by atoms with E-state index in [1.807, 2.05) is 6.08 Å². The number of hydrogen-bond acceptors (Lipinski definition) is 0. The minimum absolute atomic E-state index is 0.755. The number of allylic oxidation sites excluding steroid dienone is 1. The van der Waals surface area contributed by atoms with Crippen molar-refractivity contribution in [3.8, 4) is 0 Å². The Morgan fingerprint density at radius 1 is 0.826 bits per heavy atom. The first-order valence-electron chi connectivity index (χ1n) is 9.02. The third-order valence-corrected chi connectivity index (χ3v) is 5.36. The Bertz CT molecular complexity index is 610. The Hall–Kier alpha value is -1.82. The molecule has 0 N–H and O–H groups in total. The molecule has 0 nitrogen and oxygen atoms in total. The van der Waals surface area contributed by atoms with Gasteiger partial charge in [0.05, 0.1) is 0 Å². The van der Waals surface area contributed by atoms with Crippen LogP contribution >= 0.6 is 0 Å². The van der Waals surface area contributed by atoms with Crippen molar-refractivity contribution in [3.63, 3.8) is 0 Å². The first-order valence-corrected chi connectivity index (χ1v) is 9.02. The molecule has 0 bridgehead atoms. The highest BCUT2D eigenvalue weighted by atomic mass is 14.3. The topological polar surface area (TPSA) is 0 Å². The van der Waals surface area contributed by atoms with E-state index < -0.39 is 0 Å². The monoisotopic (exact) mass is 304 g/mol. The molecule has 0 aliphatic heterocycles. The highest BCUT2D eigenvalue weighted by Crippen LogP contribution is 2.40. The molecule has 2 aromatic carbocycles. The van der Waals surface area contributed by atoms with Crippen LogP contribution in [-0.4, -0.2) is 0 Å². The van der Waals surface area contributed by atoms with Gasteiger partial charge in [-0.1, -0.05) is 60.2 Å². The van der Waals surface area contributed by atoms with Crippen molar-refractivity contribution in [1.82, 2.24) is 0 Å². The minimum atomic E-state index is 0.755. The second kappa shape index (κ2) is 7.64. The van der Waals surface area contributed by atoms with Crippen LogP contribution in [0.25, 0.3) is 0 Å². The van der Waals surface area contributed by atoms with Gasteiger partial charge < -0.3 is 0 Å². The van der Waals surface area contributed by atoms with Crippen LogP contribution in [0.2, 0.25) is 0 Å². The molecule has 1 fully saturated rings. The zero-order valence-electron chi connectivity index (χ0n) is 14.3. The second-order valence-corrected chi connectivity index (χ2v) is 7.03. The van der Waals surface area contributed by atoms with Crippen LogP contribution < -0.4 is 0 Å². The molecule has 1 aliphatic carbocycles. The van der Waals surface area contributed by atoms with Gasteiger partial charge in [-0.3, -0.25) is 0 Å². The molecule has 120 valence electrons. The second-order valence-electron chi connectivity index (χ2n) is 7.03. The predicted molar refractivity (Wildman–Crippen MR) is 100 cm³/mol. The molecule has 3 rings (SSSR count). The zero-order valence-corrected chi connectivity index (χ0v) is 14.3. The Morgan fingerprint density at radius 2 is 1.30 bits per heavy atom. The summed E-state index contributed by atoms with van der Waals surface area (Å²) in [6.45, 7) is 5.97. The van der Waals surface area contributed by atoms with Crippen LogP contribution in [0.4, 0.5) is 0 Å². The fourth-order valence-corrected chi connectivity index (χ4v) is 3.82. The van der Waals surface area contributed by atoms with E-state index in [0.29, 0.717) is 0 Å². The van der Waals surface area contributed by atoms with Crippen molar-refractivity contribution in [2.75, 3.05) is 0 Å². The normalized spacial score (nSPS) is 21.1. The molecule has 0 amide bonds. The third kappa shape index (κ3) is 4.13. The van der Waals surface area contributed by atoms with Crippen LogP contribution in [-0.2, 0) is 6.42 Å². The quantitative estimate of drug-likeness (QED) is 0.549. The number of rotatable bonds is 5. The molecule has 0 unspecified atom stereocenters. The van der Waals surface area contributed by atoms with Gasteiger partial charge in [-0.25, -0.2) is 0 Å². The first-order chi connectivity index (χ1) is 11.3. The number of hydrogen-bond donors (Lipinski definition) is 0. The number of benzene rings is 2. The van der Waals surface area contributed by atoms with Crippen molar-refractivity contribution >= 4 is 0 Å². The lowest BCUT2D eigenvalue weighted by Crippen LogP contribution is -2.12. The maximum atomic E-state index is 3.80. The van der Waals surface area contributed by atoms with Gasteiger partial charge in [0.2, 0.25) is 0 Å². The molecule has 0 heterocycles. The van der Waals surface area contributed by atoms with Crippen molar-refractivity contribution in [3.05, 3.63) is 83.4 Å². The molecule has 2 aromatic rings. The van der Waals surface area contributed by atoms with E-state index >= 15 is 0 Å². The van der Waals surface area contributed by atoms with Crippen LogP contribution in [0.15, 0.2) is 61.2 Å². The van der Waals surface area contributed by atoms with Gasteiger partial charge in [0.25, 0.3) is 0 Å². The summed E-state index contributed by atoms with van der Waals surface area (Å²) in [5, 5.41) is 0. The molecule has 0 saturated heterocycles. The van der Waals surface area contributed by atoms with Gasteiger partial charge in [0.1, 0.15) is 0 Å². The third-order valence-electron chi connectivity index (χ3n) is 5.36. The SMILES string of the molecule is C=CCCc1ccc(C2CCC(c3ccc(C)cc3)CC2)cc1. The van der Waals surface area contributed by atoms with E-state index in [0.717, 1.165) is 24.7 Å². The Labute approximate surface area is 141 Å². The summed E-state index contributed by atoms with van der Waals surface area (Å²) in [5.41, 5.74) is 5.87. The molecule has 0 aromatic heterocycles. The minimum Gasteiger partial charge on any atom is -0.103 e. The molecule has 0 radical (unpaired) electrons. The molecular formula is C23H28. The zero-order chi connectivity index (χ0) is 16.1. The van der Waals surface area contributed by atoms with E-state index in [-0.39, 0.29) is 0 Å². The van der Waals surface area contributed by atoms with Crippen LogP contribution in [0.1, 0.15) is 66.2 Å². The maximum Gasteiger partial charge on any atom is -0.0162 e. The summed E-state index contributed by atoms with van der Waals surface area (Å²) in [7, 11) is 0. The summed E-state index contributed by atoms with van der Waals surface area (Å²) >= 11 is 0. The molecular weight excluding hydrogens is 276 g/mol. The Balaban J connectivity index is 1.58.